The van der Waals surface area contributed by atoms with Crippen molar-refractivity contribution >= 4 is 21.4 Å². The molecule has 2 rings (SSSR count). The minimum Gasteiger partial charge on any atom is -0.380 e. The van der Waals surface area contributed by atoms with Crippen molar-refractivity contribution < 1.29 is 14.9 Å². The lowest BCUT2D eigenvalue weighted by atomic mass is 10.2. The second-order valence-corrected chi connectivity index (χ2v) is 4.44. The van der Waals surface area contributed by atoms with Crippen LogP contribution in [-0.2, 0) is 11.3 Å². The van der Waals surface area contributed by atoms with Crippen molar-refractivity contribution in [3.63, 3.8) is 0 Å². The zero-order valence-corrected chi connectivity index (χ0v) is 9.12. The molecule has 1 heterocycles. The van der Waals surface area contributed by atoms with Gasteiger partial charge in [-0.05, 0) is 23.1 Å². The third-order valence-electron chi connectivity index (χ3n) is 2.17. The number of aliphatic hydroxyl groups is 2. The van der Waals surface area contributed by atoms with Gasteiger partial charge in [0.15, 0.2) is 6.29 Å². The van der Waals surface area contributed by atoms with Gasteiger partial charge in [-0.25, -0.2) is 0 Å². The van der Waals surface area contributed by atoms with Gasteiger partial charge in [0, 0.05) is 11.8 Å². The molecule has 2 N–H and O–H groups in total. The Morgan fingerprint density at radius 2 is 2.13 bits per heavy atom. The molecule has 0 saturated heterocycles. The average molecular weight is 224 g/mol. The molecule has 0 aliphatic heterocycles. The normalized spacial score (nSPS) is 11.5. The summed E-state index contributed by atoms with van der Waals surface area (Å²) in [5.41, 5.74) is 1.09. The number of hydrogen-bond acceptors (Lipinski definition) is 4. The van der Waals surface area contributed by atoms with E-state index in [0.29, 0.717) is 11.5 Å². The van der Waals surface area contributed by atoms with Crippen LogP contribution in [-0.4, -0.2) is 17.3 Å². The van der Waals surface area contributed by atoms with Crippen LogP contribution in [0.3, 0.4) is 0 Å². The van der Waals surface area contributed by atoms with Crippen LogP contribution in [0.4, 0.5) is 0 Å². The Kier molecular flexibility index (Phi) is 3.02. The van der Waals surface area contributed by atoms with Gasteiger partial charge in [0.25, 0.3) is 0 Å². The fourth-order valence-corrected chi connectivity index (χ4v) is 2.48. The van der Waals surface area contributed by atoms with Crippen LogP contribution >= 0.6 is 11.3 Å². The number of fused-ring (bicyclic) bond motifs is 1. The maximum atomic E-state index is 9.04. The maximum absolute atomic E-state index is 9.04. The first-order valence-electron chi connectivity index (χ1n) is 4.58. The van der Waals surface area contributed by atoms with Crippen molar-refractivity contribution in [1.29, 1.82) is 0 Å². The molecule has 0 radical (unpaired) electrons. The zero-order valence-electron chi connectivity index (χ0n) is 8.30. The summed E-state index contributed by atoms with van der Waals surface area (Å²) in [6.07, 6.45) is -1.38. The Bertz CT molecular complexity index is 462. The van der Waals surface area contributed by atoms with Crippen molar-refractivity contribution in [3.8, 4) is 0 Å². The van der Waals surface area contributed by atoms with E-state index in [-0.39, 0.29) is 0 Å². The fraction of sp³-hybridized carbons (Fsp3) is 0.273. The Balaban J connectivity index is 2.43. The van der Waals surface area contributed by atoms with E-state index in [2.05, 4.69) is 0 Å². The number of aliphatic hydroxyl groups excluding tert-OH is 1. The SMILES string of the molecule is COCc1ccc2cc(C(O)O)sc2c1. The van der Waals surface area contributed by atoms with Crippen LogP contribution < -0.4 is 0 Å². The van der Waals surface area contributed by atoms with Gasteiger partial charge in [0.2, 0.25) is 0 Å². The van der Waals surface area contributed by atoms with E-state index in [1.54, 1.807) is 13.2 Å². The van der Waals surface area contributed by atoms with Crippen LogP contribution in [0.25, 0.3) is 10.1 Å². The van der Waals surface area contributed by atoms with Gasteiger partial charge in [-0.15, -0.1) is 11.3 Å². The molecule has 1 aromatic heterocycles. The molecular weight excluding hydrogens is 212 g/mol. The van der Waals surface area contributed by atoms with Crippen molar-refractivity contribution in [2.45, 2.75) is 12.9 Å². The molecule has 0 saturated carbocycles. The van der Waals surface area contributed by atoms with Gasteiger partial charge in [-0.3, -0.25) is 0 Å². The maximum Gasteiger partial charge on any atom is 0.188 e. The van der Waals surface area contributed by atoms with Crippen molar-refractivity contribution in [1.82, 2.24) is 0 Å². The molecule has 1 aromatic carbocycles. The summed E-state index contributed by atoms with van der Waals surface area (Å²) >= 11 is 1.39. The number of ether oxygens (including phenoxy) is 1. The number of hydrogen-bond donors (Lipinski definition) is 2. The predicted molar refractivity (Wildman–Crippen MR) is 59.7 cm³/mol. The molecular formula is C11H12O3S. The smallest absolute Gasteiger partial charge is 0.188 e. The molecule has 15 heavy (non-hydrogen) atoms. The average Bonchev–Trinajstić information content (AvgIpc) is 2.61. The summed E-state index contributed by atoms with van der Waals surface area (Å²) in [5, 5.41) is 19.1. The number of methoxy groups -OCH3 is 1. The quantitative estimate of drug-likeness (QED) is 0.784. The van der Waals surface area contributed by atoms with Crippen molar-refractivity contribution in [2.75, 3.05) is 7.11 Å². The standard InChI is InChI=1S/C11H12O3S/c1-14-6-7-2-3-8-5-10(11(12)13)15-9(8)4-7/h2-5,11-13H,6H2,1H3. The van der Waals surface area contributed by atoms with E-state index in [9.17, 15) is 0 Å². The molecule has 3 nitrogen and oxygen atoms in total. The molecule has 0 bridgehead atoms. The third-order valence-corrected chi connectivity index (χ3v) is 3.31. The van der Waals surface area contributed by atoms with Gasteiger partial charge in [-0.2, -0.15) is 0 Å². The molecule has 0 amide bonds. The molecule has 0 fully saturated rings. The highest BCUT2D eigenvalue weighted by Gasteiger charge is 2.08. The van der Waals surface area contributed by atoms with E-state index in [1.807, 2.05) is 18.2 Å². The van der Waals surface area contributed by atoms with Gasteiger partial charge < -0.3 is 14.9 Å². The molecule has 2 aromatic rings. The molecule has 80 valence electrons. The summed E-state index contributed by atoms with van der Waals surface area (Å²) in [4.78, 5) is 0.569. The van der Waals surface area contributed by atoms with Crippen molar-refractivity contribution in [3.05, 3.63) is 34.7 Å². The second kappa shape index (κ2) is 4.28. The third kappa shape index (κ3) is 2.18. The van der Waals surface area contributed by atoms with Crippen LogP contribution in [0.15, 0.2) is 24.3 Å². The molecule has 0 unspecified atom stereocenters. The predicted octanol–water partition coefficient (Wildman–Crippen LogP) is 2.03. The Labute approximate surface area is 91.6 Å². The highest BCUT2D eigenvalue weighted by Crippen LogP contribution is 2.29. The fourth-order valence-electron chi connectivity index (χ4n) is 1.48. The lowest BCUT2D eigenvalue weighted by Crippen LogP contribution is -1.88. The van der Waals surface area contributed by atoms with E-state index >= 15 is 0 Å². The largest absolute Gasteiger partial charge is 0.380 e. The van der Waals surface area contributed by atoms with Crippen LogP contribution in [0.5, 0.6) is 0 Å². The lowest BCUT2D eigenvalue weighted by molar-refractivity contribution is -0.0394. The van der Waals surface area contributed by atoms with E-state index in [4.69, 9.17) is 14.9 Å². The summed E-state index contributed by atoms with van der Waals surface area (Å²) in [6.45, 7) is 0.574. The van der Waals surface area contributed by atoms with Gasteiger partial charge >= 0.3 is 0 Å². The first-order chi connectivity index (χ1) is 7.20. The highest BCUT2D eigenvalue weighted by molar-refractivity contribution is 7.19. The Hall–Kier alpha value is -0.940. The van der Waals surface area contributed by atoms with Crippen LogP contribution in [0, 0.1) is 0 Å². The molecule has 0 aliphatic carbocycles. The van der Waals surface area contributed by atoms with Gasteiger partial charge in [0.05, 0.1) is 11.5 Å². The van der Waals surface area contributed by atoms with Gasteiger partial charge in [0.1, 0.15) is 0 Å². The van der Waals surface area contributed by atoms with E-state index in [1.165, 1.54) is 11.3 Å². The number of thiophene rings is 1. The minimum atomic E-state index is -1.38. The van der Waals surface area contributed by atoms with E-state index in [0.717, 1.165) is 15.6 Å². The minimum absolute atomic E-state index is 0.569. The van der Waals surface area contributed by atoms with Crippen LogP contribution in [0.2, 0.25) is 0 Å². The van der Waals surface area contributed by atoms with Crippen molar-refractivity contribution in [2.24, 2.45) is 0 Å². The molecule has 0 atom stereocenters. The zero-order chi connectivity index (χ0) is 10.8. The topological polar surface area (TPSA) is 49.7 Å². The summed E-state index contributed by atoms with van der Waals surface area (Å²) in [5.74, 6) is 0. The molecule has 4 heteroatoms. The summed E-state index contributed by atoms with van der Waals surface area (Å²) < 4.78 is 6.09. The van der Waals surface area contributed by atoms with Crippen LogP contribution in [0.1, 0.15) is 16.7 Å². The van der Waals surface area contributed by atoms with Gasteiger partial charge in [-0.1, -0.05) is 12.1 Å². The molecule has 0 spiro atoms. The second-order valence-electron chi connectivity index (χ2n) is 3.33. The Morgan fingerprint density at radius 1 is 1.33 bits per heavy atom. The number of rotatable bonds is 3. The number of benzene rings is 1. The Morgan fingerprint density at radius 3 is 2.80 bits per heavy atom. The first-order valence-corrected chi connectivity index (χ1v) is 5.40. The summed E-state index contributed by atoms with van der Waals surface area (Å²) in [6, 6.07) is 7.74. The van der Waals surface area contributed by atoms with E-state index < -0.39 is 6.29 Å². The lowest BCUT2D eigenvalue weighted by Gasteiger charge is -1.98. The molecule has 0 aliphatic rings. The summed E-state index contributed by atoms with van der Waals surface area (Å²) in [7, 11) is 1.65. The first kappa shape index (κ1) is 10.6. The monoisotopic (exact) mass is 224 g/mol. The highest BCUT2D eigenvalue weighted by atomic mass is 32.1.